The number of hydrogen-bond acceptors (Lipinski definition) is 7. The first-order valence-corrected chi connectivity index (χ1v) is 16.5. The van der Waals surface area contributed by atoms with Crippen LogP contribution < -0.4 is 15.4 Å². The van der Waals surface area contributed by atoms with Crippen molar-refractivity contribution < 1.29 is 22.7 Å². The number of nitrogens with two attached hydrogens (primary N) is 1. The highest BCUT2D eigenvalue weighted by Crippen LogP contribution is 2.27. The van der Waals surface area contributed by atoms with Crippen LogP contribution in [0.4, 0.5) is 10.5 Å². The van der Waals surface area contributed by atoms with Gasteiger partial charge in [0.25, 0.3) is 0 Å². The number of amidine groups is 1. The maximum absolute atomic E-state index is 13.7. The van der Waals surface area contributed by atoms with Gasteiger partial charge in [0.1, 0.15) is 5.84 Å². The van der Waals surface area contributed by atoms with E-state index in [9.17, 15) is 18.0 Å². The molecule has 2 amide bonds. The van der Waals surface area contributed by atoms with Crippen LogP contribution in [0.15, 0.2) is 108 Å². The van der Waals surface area contributed by atoms with E-state index in [1.54, 1.807) is 72.5 Å². The van der Waals surface area contributed by atoms with E-state index >= 15 is 0 Å². The normalized spacial score (nSPS) is 11.9. The Morgan fingerprint density at radius 3 is 2.17 bits per heavy atom. The molecule has 46 heavy (non-hydrogen) atoms. The number of amides is 2. The smallest absolute Gasteiger partial charge is 0.414 e. The Kier molecular flexibility index (Phi) is 11.4. The molecule has 0 saturated heterocycles. The molecule has 4 N–H and O–H groups in total. The number of nitrogens with one attached hydrogen (secondary N) is 2. The second kappa shape index (κ2) is 15.4. The lowest BCUT2D eigenvalue weighted by Gasteiger charge is -2.26. The van der Waals surface area contributed by atoms with Crippen LogP contribution in [-0.2, 0) is 32.5 Å². The zero-order valence-corrected chi connectivity index (χ0v) is 27.0. The molecular weight excluding hydrogens is 602 g/mol. The van der Waals surface area contributed by atoms with E-state index in [-0.39, 0.29) is 29.6 Å². The first-order chi connectivity index (χ1) is 22.0. The third-order valence-electron chi connectivity index (χ3n) is 7.57. The molecule has 0 bridgehead atoms. The summed E-state index contributed by atoms with van der Waals surface area (Å²) in [6.45, 7) is 7.42. The van der Waals surface area contributed by atoms with Crippen molar-refractivity contribution in [2.75, 3.05) is 18.0 Å². The fourth-order valence-electron chi connectivity index (χ4n) is 5.14. The van der Waals surface area contributed by atoms with Gasteiger partial charge in [0, 0.05) is 16.8 Å². The van der Waals surface area contributed by atoms with E-state index in [4.69, 9.17) is 15.3 Å². The summed E-state index contributed by atoms with van der Waals surface area (Å²) < 4.78 is 29.6. The van der Waals surface area contributed by atoms with Gasteiger partial charge >= 0.3 is 6.09 Å². The van der Waals surface area contributed by atoms with Crippen LogP contribution in [0.2, 0.25) is 0 Å². The predicted molar refractivity (Wildman–Crippen MR) is 180 cm³/mol. The van der Waals surface area contributed by atoms with Crippen molar-refractivity contribution in [1.82, 2.24) is 10.2 Å². The Morgan fingerprint density at radius 2 is 1.52 bits per heavy atom. The molecule has 0 spiro atoms. The van der Waals surface area contributed by atoms with Crippen LogP contribution in [0.3, 0.4) is 0 Å². The monoisotopic (exact) mass is 641 g/mol. The minimum absolute atomic E-state index is 0.0330. The van der Waals surface area contributed by atoms with Gasteiger partial charge in [0.05, 0.1) is 17.9 Å². The Labute approximate surface area is 270 Å². The number of carbonyl (C=O) groups excluding carboxylic acids is 2. The maximum Gasteiger partial charge on any atom is 0.414 e. The second-order valence-electron chi connectivity index (χ2n) is 10.7. The van der Waals surface area contributed by atoms with E-state index in [1.807, 2.05) is 55.1 Å². The highest BCUT2D eigenvalue weighted by atomic mass is 32.2. The molecule has 0 saturated carbocycles. The van der Waals surface area contributed by atoms with E-state index in [0.717, 1.165) is 24.2 Å². The fourth-order valence-corrected chi connectivity index (χ4v) is 5.90. The fraction of sp³-hybridized carbons (Fsp3) is 0.229. The Bertz CT molecular complexity index is 1770. The van der Waals surface area contributed by atoms with Crippen molar-refractivity contribution >= 4 is 33.5 Å². The zero-order valence-electron chi connectivity index (χ0n) is 26.1. The van der Waals surface area contributed by atoms with Crippen molar-refractivity contribution in [2.45, 2.75) is 44.9 Å². The number of hydrogen-bond donors (Lipinski definition) is 3. The highest BCUT2D eigenvalue weighted by molar-refractivity contribution is 7.89. The number of carbonyl (C=O) groups is 2. The van der Waals surface area contributed by atoms with Crippen molar-refractivity contribution in [3.05, 3.63) is 120 Å². The lowest BCUT2D eigenvalue weighted by atomic mass is 10.0. The lowest BCUT2D eigenvalue weighted by Crippen LogP contribution is -2.40. The highest BCUT2D eigenvalue weighted by Gasteiger charge is 2.20. The second-order valence-corrected chi connectivity index (χ2v) is 12.2. The molecule has 0 radical (unpaired) electrons. The first-order valence-electron chi connectivity index (χ1n) is 15.0. The van der Waals surface area contributed by atoms with Gasteiger partial charge in [0.2, 0.25) is 15.9 Å². The van der Waals surface area contributed by atoms with Gasteiger partial charge in [-0.3, -0.25) is 20.4 Å². The third-order valence-corrected chi connectivity index (χ3v) is 8.54. The van der Waals surface area contributed by atoms with Crippen molar-refractivity contribution in [3.8, 4) is 11.1 Å². The summed E-state index contributed by atoms with van der Waals surface area (Å²) in [5.74, 6) is -0.267. The first kappa shape index (κ1) is 34.0. The standard InChI is InChI=1S/C35H39N5O5S/c1-4-39(5-2)25(3)45-35(42)38-34(36)29-13-11-12-27(22-29)24-40(30-14-7-6-8-15-30)33(41)23-26-18-20-28(21-19-26)31-16-9-10-17-32(31)46(37,43)44/h6-22,25H,4-5,23-24H2,1-3H3,(H2,36,38,42)(H2,37,43,44). The summed E-state index contributed by atoms with van der Waals surface area (Å²) in [5.41, 5.74) is 3.85. The SMILES string of the molecule is CCN(CC)C(C)OC(=O)NC(=N)c1cccc(CN(C(=O)Cc2ccc(-c3ccccc3S(N)(=O)=O)cc2)c2ccccc2)c1. The van der Waals surface area contributed by atoms with Gasteiger partial charge in [0.15, 0.2) is 6.23 Å². The molecule has 4 aromatic carbocycles. The van der Waals surface area contributed by atoms with E-state index < -0.39 is 22.3 Å². The molecule has 1 atom stereocenters. The number of sulfonamides is 1. The topological polar surface area (TPSA) is 146 Å². The maximum atomic E-state index is 13.7. The van der Waals surface area contributed by atoms with Crippen LogP contribution in [0.5, 0.6) is 0 Å². The molecule has 4 aromatic rings. The number of alkyl carbamates (subject to hydrolysis) is 1. The van der Waals surface area contributed by atoms with Gasteiger partial charge in [-0.05, 0) is 61.0 Å². The summed E-state index contributed by atoms with van der Waals surface area (Å²) in [6.07, 6.45) is -1.05. The summed E-state index contributed by atoms with van der Waals surface area (Å²) in [6, 6.07) is 30.0. The summed E-state index contributed by atoms with van der Waals surface area (Å²) >= 11 is 0. The van der Waals surface area contributed by atoms with Crippen LogP contribution in [0.1, 0.15) is 37.5 Å². The van der Waals surface area contributed by atoms with Crippen molar-refractivity contribution in [3.63, 3.8) is 0 Å². The Morgan fingerprint density at radius 1 is 0.870 bits per heavy atom. The van der Waals surface area contributed by atoms with Crippen molar-refractivity contribution in [1.29, 1.82) is 5.41 Å². The van der Waals surface area contributed by atoms with E-state index in [0.29, 0.717) is 22.4 Å². The van der Waals surface area contributed by atoms with Gasteiger partial charge in [-0.2, -0.15) is 0 Å². The predicted octanol–water partition coefficient (Wildman–Crippen LogP) is 5.52. The molecule has 0 aliphatic carbocycles. The molecule has 0 aliphatic heterocycles. The Balaban J connectivity index is 1.50. The zero-order chi connectivity index (χ0) is 33.3. The molecule has 0 heterocycles. The number of rotatable bonds is 12. The largest absolute Gasteiger partial charge is 0.430 e. The molecule has 0 aliphatic rings. The number of nitrogens with zero attached hydrogens (tertiary/aromatic N) is 2. The number of para-hydroxylation sites is 1. The van der Waals surface area contributed by atoms with Crippen LogP contribution in [0, 0.1) is 5.41 Å². The average Bonchev–Trinajstić information content (AvgIpc) is 3.04. The molecule has 1 unspecified atom stereocenters. The molecule has 4 rings (SSSR count). The van der Waals surface area contributed by atoms with Gasteiger partial charge < -0.3 is 9.64 Å². The van der Waals surface area contributed by atoms with Gasteiger partial charge in [-0.1, -0.05) is 92.7 Å². The third kappa shape index (κ3) is 8.87. The van der Waals surface area contributed by atoms with Crippen LogP contribution in [-0.4, -0.2) is 50.5 Å². The molecule has 10 nitrogen and oxygen atoms in total. The molecular formula is C35H39N5O5S. The molecule has 0 aromatic heterocycles. The quantitative estimate of drug-likeness (QED) is 0.106. The average molecular weight is 642 g/mol. The number of benzene rings is 4. The molecule has 240 valence electrons. The van der Waals surface area contributed by atoms with Crippen molar-refractivity contribution in [2.24, 2.45) is 5.14 Å². The van der Waals surface area contributed by atoms with Crippen LogP contribution >= 0.6 is 0 Å². The molecule has 0 fully saturated rings. The summed E-state index contributed by atoms with van der Waals surface area (Å²) in [4.78, 5) is 29.9. The lowest BCUT2D eigenvalue weighted by molar-refractivity contribution is -0.118. The van der Waals surface area contributed by atoms with E-state index in [2.05, 4.69) is 5.32 Å². The molecule has 11 heteroatoms. The number of anilines is 1. The number of ether oxygens (including phenoxy) is 1. The summed E-state index contributed by atoms with van der Waals surface area (Å²) in [7, 11) is -3.91. The Hall–Kier alpha value is -4.84. The van der Waals surface area contributed by atoms with Gasteiger partial charge in [-0.25, -0.2) is 18.4 Å². The minimum Gasteiger partial charge on any atom is -0.430 e. The minimum atomic E-state index is -3.91. The number of primary sulfonamides is 1. The van der Waals surface area contributed by atoms with E-state index in [1.165, 1.54) is 6.07 Å². The van der Waals surface area contributed by atoms with Crippen LogP contribution in [0.25, 0.3) is 11.1 Å². The van der Waals surface area contributed by atoms with Gasteiger partial charge in [-0.15, -0.1) is 0 Å². The summed E-state index contributed by atoms with van der Waals surface area (Å²) in [5, 5.41) is 16.4.